The van der Waals surface area contributed by atoms with Crippen LogP contribution in [0, 0.1) is 5.41 Å². The van der Waals surface area contributed by atoms with Gasteiger partial charge in [-0.25, -0.2) is 0 Å². The predicted molar refractivity (Wildman–Crippen MR) is 119 cm³/mol. The number of benzene rings is 1. The van der Waals surface area contributed by atoms with Gasteiger partial charge in [0.15, 0.2) is 0 Å². The summed E-state index contributed by atoms with van der Waals surface area (Å²) in [6.45, 7) is 2.55. The Labute approximate surface area is 178 Å². The van der Waals surface area contributed by atoms with Gasteiger partial charge in [0, 0.05) is 50.5 Å². The molecule has 0 aliphatic carbocycles. The molecule has 1 amide bonds. The molecule has 4 rings (SSSR count). The van der Waals surface area contributed by atoms with Crippen LogP contribution < -0.4 is 5.32 Å². The molecule has 3 aromatic rings. The topological polar surface area (TPSA) is 58.1 Å². The highest BCUT2D eigenvalue weighted by Gasteiger charge is 2.42. The van der Waals surface area contributed by atoms with Crippen LogP contribution in [0.2, 0.25) is 0 Å². The fraction of sp³-hybridized carbons (Fsp3) is 0.320. The largest absolute Gasteiger partial charge is 0.359 e. The minimum Gasteiger partial charge on any atom is -0.359 e. The number of rotatable bonds is 6. The Hall–Kier alpha value is -3.05. The highest BCUT2D eigenvalue weighted by atomic mass is 16.2. The molecule has 5 heteroatoms. The van der Waals surface area contributed by atoms with Gasteiger partial charge in [0.25, 0.3) is 0 Å². The Kier molecular flexibility index (Phi) is 6.19. The third-order valence-corrected chi connectivity index (χ3v) is 6.01. The minimum absolute atomic E-state index is 0.124. The second-order valence-electron chi connectivity index (χ2n) is 8.11. The van der Waals surface area contributed by atoms with Gasteiger partial charge in [0.2, 0.25) is 5.91 Å². The zero-order valence-electron chi connectivity index (χ0n) is 17.4. The molecule has 2 aromatic heterocycles. The van der Waals surface area contributed by atoms with E-state index >= 15 is 0 Å². The monoisotopic (exact) mass is 400 g/mol. The normalized spacial score (nSPS) is 19.4. The predicted octanol–water partition coefficient (Wildman–Crippen LogP) is 3.71. The molecule has 1 aliphatic rings. The number of piperidine rings is 1. The van der Waals surface area contributed by atoms with E-state index in [0.717, 1.165) is 43.6 Å². The second-order valence-corrected chi connectivity index (χ2v) is 8.11. The lowest BCUT2D eigenvalue weighted by molar-refractivity contribution is -0.134. The van der Waals surface area contributed by atoms with Gasteiger partial charge < -0.3 is 5.32 Å². The maximum atomic E-state index is 13.2. The standard InChI is InChI=1S/C25H28N4O/c1-26-24(30)25(11-6-14-29(19-25)18-20-7-4-12-27-16-20)15-21-8-2-3-10-23(21)22-9-5-13-28-17-22/h2-5,7-10,12-13,16-17H,6,11,14-15,18-19H2,1H3,(H,26,30)/t25-/m1/s1. The number of pyridine rings is 2. The maximum absolute atomic E-state index is 13.2. The quantitative estimate of drug-likeness (QED) is 0.685. The van der Waals surface area contributed by atoms with Crippen molar-refractivity contribution in [1.82, 2.24) is 20.2 Å². The number of nitrogens with zero attached hydrogens (tertiary/aromatic N) is 3. The summed E-state index contributed by atoms with van der Waals surface area (Å²) in [5.41, 5.74) is 4.16. The van der Waals surface area contributed by atoms with Crippen molar-refractivity contribution in [2.45, 2.75) is 25.8 Å². The summed E-state index contributed by atoms with van der Waals surface area (Å²) < 4.78 is 0. The van der Waals surface area contributed by atoms with Crippen LogP contribution in [0.3, 0.4) is 0 Å². The summed E-state index contributed by atoms with van der Waals surface area (Å²) in [7, 11) is 1.75. The van der Waals surface area contributed by atoms with Crippen LogP contribution in [0.1, 0.15) is 24.0 Å². The molecule has 154 valence electrons. The summed E-state index contributed by atoms with van der Waals surface area (Å²) in [5, 5.41) is 2.95. The first-order chi connectivity index (χ1) is 14.7. The molecular weight excluding hydrogens is 372 g/mol. The van der Waals surface area contributed by atoms with E-state index in [0.29, 0.717) is 6.42 Å². The minimum atomic E-state index is -0.451. The van der Waals surface area contributed by atoms with E-state index in [1.807, 2.05) is 30.6 Å². The van der Waals surface area contributed by atoms with E-state index in [1.165, 1.54) is 11.1 Å². The number of carbonyl (C=O) groups excluding carboxylic acids is 1. The fourth-order valence-electron chi connectivity index (χ4n) is 4.63. The Balaban J connectivity index is 1.63. The Morgan fingerprint density at radius 1 is 1.07 bits per heavy atom. The Bertz CT molecular complexity index is 977. The fourth-order valence-corrected chi connectivity index (χ4v) is 4.63. The van der Waals surface area contributed by atoms with Crippen LogP contribution in [0.4, 0.5) is 0 Å². The van der Waals surface area contributed by atoms with Crippen LogP contribution in [-0.4, -0.2) is 40.9 Å². The van der Waals surface area contributed by atoms with Gasteiger partial charge in [0.05, 0.1) is 5.41 Å². The van der Waals surface area contributed by atoms with E-state index < -0.39 is 5.41 Å². The zero-order valence-corrected chi connectivity index (χ0v) is 17.4. The van der Waals surface area contributed by atoms with E-state index in [9.17, 15) is 4.79 Å². The molecular formula is C25H28N4O. The summed E-state index contributed by atoms with van der Waals surface area (Å²) >= 11 is 0. The summed E-state index contributed by atoms with van der Waals surface area (Å²) in [6.07, 6.45) is 9.98. The molecule has 1 aromatic carbocycles. The molecule has 0 unspecified atom stereocenters. The maximum Gasteiger partial charge on any atom is 0.227 e. The van der Waals surface area contributed by atoms with Crippen molar-refractivity contribution in [1.29, 1.82) is 0 Å². The molecule has 1 N–H and O–H groups in total. The van der Waals surface area contributed by atoms with Crippen LogP contribution in [0.5, 0.6) is 0 Å². The molecule has 1 atom stereocenters. The molecule has 1 fully saturated rings. The molecule has 1 saturated heterocycles. The number of hydrogen-bond donors (Lipinski definition) is 1. The van der Waals surface area contributed by atoms with E-state index in [1.54, 1.807) is 19.4 Å². The van der Waals surface area contributed by atoms with Gasteiger partial charge >= 0.3 is 0 Å². The molecule has 0 spiro atoms. The van der Waals surface area contributed by atoms with Crippen LogP contribution >= 0.6 is 0 Å². The van der Waals surface area contributed by atoms with Gasteiger partial charge in [-0.15, -0.1) is 0 Å². The number of nitrogens with one attached hydrogen (secondary N) is 1. The number of carbonyl (C=O) groups is 1. The third-order valence-electron chi connectivity index (χ3n) is 6.01. The van der Waals surface area contributed by atoms with Gasteiger partial charge in [-0.05, 0) is 54.6 Å². The van der Waals surface area contributed by atoms with E-state index in [-0.39, 0.29) is 5.91 Å². The van der Waals surface area contributed by atoms with Crippen molar-refractivity contribution in [3.8, 4) is 11.1 Å². The first-order valence-corrected chi connectivity index (χ1v) is 10.5. The molecule has 0 bridgehead atoms. The van der Waals surface area contributed by atoms with Crippen LogP contribution in [0.25, 0.3) is 11.1 Å². The summed E-state index contributed by atoms with van der Waals surface area (Å²) in [4.78, 5) is 24.1. The lowest BCUT2D eigenvalue weighted by Gasteiger charge is -2.42. The number of hydrogen-bond acceptors (Lipinski definition) is 4. The lowest BCUT2D eigenvalue weighted by Crippen LogP contribution is -2.52. The third kappa shape index (κ3) is 4.41. The second kappa shape index (κ2) is 9.18. The van der Waals surface area contributed by atoms with Crippen molar-refractivity contribution in [2.24, 2.45) is 5.41 Å². The highest BCUT2D eigenvalue weighted by Crippen LogP contribution is 2.37. The van der Waals surface area contributed by atoms with Crippen LogP contribution in [0.15, 0.2) is 73.3 Å². The molecule has 0 saturated carbocycles. The van der Waals surface area contributed by atoms with Crippen molar-refractivity contribution < 1.29 is 4.79 Å². The first kappa shape index (κ1) is 20.2. The Morgan fingerprint density at radius 2 is 1.87 bits per heavy atom. The van der Waals surface area contributed by atoms with Crippen LogP contribution in [-0.2, 0) is 17.8 Å². The molecule has 30 heavy (non-hydrogen) atoms. The molecule has 0 radical (unpaired) electrons. The Morgan fingerprint density at radius 3 is 2.60 bits per heavy atom. The van der Waals surface area contributed by atoms with Crippen molar-refractivity contribution in [3.05, 3.63) is 84.4 Å². The zero-order chi connectivity index (χ0) is 20.8. The molecule has 3 heterocycles. The van der Waals surface area contributed by atoms with Crippen molar-refractivity contribution in [2.75, 3.05) is 20.1 Å². The van der Waals surface area contributed by atoms with Gasteiger partial charge in [-0.3, -0.25) is 19.7 Å². The average molecular weight is 401 g/mol. The van der Waals surface area contributed by atoms with Crippen molar-refractivity contribution >= 4 is 5.91 Å². The average Bonchev–Trinajstić information content (AvgIpc) is 2.80. The van der Waals surface area contributed by atoms with E-state index in [2.05, 4.69) is 50.5 Å². The van der Waals surface area contributed by atoms with Gasteiger partial charge in [-0.1, -0.05) is 36.4 Å². The van der Waals surface area contributed by atoms with E-state index in [4.69, 9.17) is 0 Å². The smallest absolute Gasteiger partial charge is 0.227 e. The summed E-state index contributed by atoms with van der Waals surface area (Å²) in [6, 6.07) is 16.5. The first-order valence-electron chi connectivity index (χ1n) is 10.5. The van der Waals surface area contributed by atoms with Gasteiger partial charge in [-0.2, -0.15) is 0 Å². The lowest BCUT2D eigenvalue weighted by atomic mass is 9.73. The molecule has 5 nitrogen and oxygen atoms in total. The van der Waals surface area contributed by atoms with Gasteiger partial charge in [0.1, 0.15) is 0 Å². The SMILES string of the molecule is CNC(=O)[C@@]1(Cc2ccccc2-c2cccnc2)CCCN(Cc2cccnc2)C1. The summed E-state index contributed by atoms with van der Waals surface area (Å²) in [5.74, 6) is 0.124. The number of aromatic nitrogens is 2. The number of amides is 1. The molecule has 1 aliphatic heterocycles. The highest BCUT2D eigenvalue weighted by molar-refractivity contribution is 5.83. The number of likely N-dealkylation sites (tertiary alicyclic amines) is 1. The van der Waals surface area contributed by atoms with Crippen molar-refractivity contribution in [3.63, 3.8) is 0 Å².